The maximum Gasteiger partial charge on any atom is 0.165 e. The van der Waals surface area contributed by atoms with E-state index < -0.39 is 0 Å². The van der Waals surface area contributed by atoms with Crippen LogP contribution in [-0.2, 0) is 6.54 Å². The first-order valence-electron chi connectivity index (χ1n) is 6.11. The van der Waals surface area contributed by atoms with Gasteiger partial charge in [-0.05, 0) is 25.1 Å². The standard InChI is InChI=1S/C15H18N2O2/c1-11-13(7-5-9-16-11)17-10-12-6-4-8-14(18-2)15(12)19-3/h4-9,17H,10H2,1-3H3. The monoisotopic (exact) mass is 258 g/mol. The highest BCUT2D eigenvalue weighted by atomic mass is 16.5. The minimum Gasteiger partial charge on any atom is -0.493 e. The van der Waals surface area contributed by atoms with Crippen LogP contribution in [0.3, 0.4) is 0 Å². The van der Waals surface area contributed by atoms with Crippen molar-refractivity contribution in [2.75, 3.05) is 19.5 Å². The van der Waals surface area contributed by atoms with E-state index in [9.17, 15) is 0 Å². The van der Waals surface area contributed by atoms with Gasteiger partial charge in [0.2, 0.25) is 0 Å². The van der Waals surface area contributed by atoms with Crippen LogP contribution in [-0.4, -0.2) is 19.2 Å². The third-order valence-corrected chi connectivity index (χ3v) is 2.96. The second-order valence-electron chi connectivity index (χ2n) is 4.14. The third kappa shape index (κ3) is 2.96. The molecule has 1 N–H and O–H groups in total. The predicted molar refractivity (Wildman–Crippen MR) is 75.8 cm³/mol. The second-order valence-corrected chi connectivity index (χ2v) is 4.14. The van der Waals surface area contributed by atoms with Gasteiger partial charge < -0.3 is 14.8 Å². The molecule has 0 saturated carbocycles. The van der Waals surface area contributed by atoms with Gasteiger partial charge >= 0.3 is 0 Å². The highest BCUT2D eigenvalue weighted by Gasteiger charge is 2.09. The molecular formula is C15H18N2O2. The Balaban J connectivity index is 2.18. The van der Waals surface area contributed by atoms with Crippen molar-refractivity contribution < 1.29 is 9.47 Å². The number of aromatic nitrogens is 1. The van der Waals surface area contributed by atoms with Crippen LogP contribution in [0.25, 0.3) is 0 Å². The van der Waals surface area contributed by atoms with Crippen LogP contribution in [0, 0.1) is 6.92 Å². The number of ether oxygens (including phenoxy) is 2. The van der Waals surface area contributed by atoms with E-state index >= 15 is 0 Å². The minimum atomic E-state index is 0.660. The average Bonchev–Trinajstić information content (AvgIpc) is 2.45. The van der Waals surface area contributed by atoms with E-state index in [1.807, 2.05) is 37.3 Å². The molecule has 100 valence electrons. The first-order valence-corrected chi connectivity index (χ1v) is 6.11. The zero-order chi connectivity index (χ0) is 13.7. The van der Waals surface area contributed by atoms with E-state index in [4.69, 9.17) is 9.47 Å². The Kier molecular flexibility index (Phi) is 4.23. The normalized spacial score (nSPS) is 10.1. The van der Waals surface area contributed by atoms with Crippen molar-refractivity contribution in [2.45, 2.75) is 13.5 Å². The van der Waals surface area contributed by atoms with Crippen molar-refractivity contribution in [1.29, 1.82) is 0 Å². The lowest BCUT2D eigenvalue weighted by Gasteiger charge is -2.14. The van der Waals surface area contributed by atoms with Crippen molar-refractivity contribution >= 4 is 5.69 Å². The SMILES string of the molecule is COc1cccc(CNc2cccnc2C)c1OC. The van der Waals surface area contributed by atoms with Crippen molar-refractivity contribution in [3.8, 4) is 11.5 Å². The van der Waals surface area contributed by atoms with E-state index in [1.165, 1.54) is 0 Å². The number of para-hydroxylation sites is 1. The van der Waals surface area contributed by atoms with E-state index in [0.29, 0.717) is 6.54 Å². The number of hydrogen-bond donors (Lipinski definition) is 1. The number of anilines is 1. The highest BCUT2D eigenvalue weighted by Crippen LogP contribution is 2.31. The first-order chi connectivity index (χ1) is 9.26. The number of methoxy groups -OCH3 is 2. The van der Waals surface area contributed by atoms with Gasteiger partial charge in [0.05, 0.1) is 25.6 Å². The smallest absolute Gasteiger partial charge is 0.165 e. The van der Waals surface area contributed by atoms with Crippen LogP contribution in [0.1, 0.15) is 11.3 Å². The van der Waals surface area contributed by atoms with Crippen molar-refractivity contribution in [1.82, 2.24) is 4.98 Å². The van der Waals surface area contributed by atoms with Gasteiger partial charge in [-0.2, -0.15) is 0 Å². The quantitative estimate of drug-likeness (QED) is 0.895. The summed E-state index contributed by atoms with van der Waals surface area (Å²) >= 11 is 0. The molecule has 0 spiro atoms. The van der Waals surface area contributed by atoms with Gasteiger partial charge in [-0.15, -0.1) is 0 Å². The van der Waals surface area contributed by atoms with Crippen molar-refractivity contribution in [2.24, 2.45) is 0 Å². The minimum absolute atomic E-state index is 0.660. The molecule has 2 rings (SSSR count). The van der Waals surface area contributed by atoms with Gasteiger partial charge in [0.1, 0.15) is 0 Å². The van der Waals surface area contributed by atoms with Crippen LogP contribution in [0.4, 0.5) is 5.69 Å². The van der Waals surface area contributed by atoms with Crippen LogP contribution < -0.4 is 14.8 Å². The summed E-state index contributed by atoms with van der Waals surface area (Å²) in [7, 11) is 3.29. The lowest BCUT2D eigenvalue weighted by atomic mass is 10.1. The summed E-state index contributed by atoms with van der Waals surface area (Å²) in [6.45, 7) is 2.64. The van der Waals surface area contributed by atoms with Crippen molar-refractivity contribution in [3.63, 3.8) is 0 Å². The Morgan fingerprint density at radius 2 is 1.95 bits per heavy atom. The summed E-state index contributed by atoms with van der Waals surface area (Å²) in [6.07, 6.45) is 1.78. The fraction of sp³-hybridized carbons (Fsp3) is 0.267. The molecule has 0 atom stereocenters. The molecule has 0 radical (unpaired) electrons. The van der Waals surface area contributed by atoms with Crippen LogP contribution in [0.15, 0.2) is 36.5 Å². The van der Waals surface area contributed by atoms with Gasteiger partial charge in [0, 0.05) is 18.3 Å². The van der Waals surface area contributed by atoms with Crippen LogP contribution in [0.2, 0.25) is 0 Å². The molecule has 0 aliphatic carbocycles. The van der Waals surface area contributed by atoms with Crippen molar-refractivity contribution in [3.05, 3.63) is 47.8 Å². The molecular weight excluding hydrogens is 240 g/mol. The molecule has 1 aromatic carbocycles. The summed E-state index contributed by atoms with van der Waals surface area (Å²) in [6, 6.07) is 9.78. The summed E-state index contributed by atoms with van der Waals surface area (Å²) in [5.74, 6) is 1.50. The zero-order valence-corrected chi connectivity index (χ0v) is 11.4. The van der Waals surface area contributed by atoms with E-state index in [2.05, 4.69) is 10.3 Å². The fourth-order valence-corrected chi connectivity index (χ4v) is 1.95. The Labute approximate surface area is 113 Å². The van der Waals surface area contributed by atoms with Gasteiger partial charge in [-0.3, -0.25) is 4.98 Å². The summed E-state index contributed by atoms with van der Waals surface area (Å²) in [4.78, 5) is 4.25. The Bertz CT molecular complexity index is 556. The molecule has 0 bridgehead atoms. The molecule has 1 heterocycles. The maximum absolute atomic E-state index is 5.41. The lowest BCUT2D eigenvalue weighted by molar-refractivity contribution is 0.352. The molecule has 19 heavy (non-hydrogen) atoms. The summed E-state index contributed by atoms with van der Waals surface area (Å²) in [5.41, 5.74) is 3.04. The first kappa shape index (κ1) is 13.2. The molecule has 2 aromatic rings. The lowest BCUT2D eigenvalue weighted by Crippen LogP contribution is -2.04. The predicted octanol–water partition coefficient (Wildman–Crippen LogP) is 3.02. The number of nitrogens with one attached hydrogen (secondary N) is 1. The van der Waals surface area contributed by atoms with Gasteiger partial charge in [-0.1, -0.05) is 12.1 Å². The Morgan fingerprint density at radius 1 is 1.11 bits per heavy atom. The molecule has 0 amide bonds. The van der Waals surface area contributed by atoms with Crippen LogP contribution >= 0.6 is 0 Å². The van der Waals surface area contributed by atoms with E-state index in [0.717, 1.165) is 28.4 Å². The number of nitrogens with zero attached hydrogens (tertiary/aromatic N) is 1. The maximum atomic E-state index is 5.41. The largest absolute Gasteiger partial charge is 0.493 e. The van der Waals surface area contributed by atoms with Gasteiger partial charge in [-0.25, -0.2) is 0 Å². The van der Waals surface area contributed by atoms with E-state index in [-0.39, 0.29) is 0 Å². The molecule has 0 aliphatic rings. The number of rotatable bonds is 5. The molecule has 0 unspecified atom stereocenters. The Hall–Kier alpha value is -2.23. The van der Waals surface area contributed by atoms with Gasteiger partial charge in [0.15, 0.2) is 11.5 Å². The number of hydrogen-bond acceptors (Lipinski definition) is 4. The molecule has 0 saturated heterocycles. The zero-order valence-electron chi connectivity index (χ0n) is 11.4. The number of benzene rings is 1. The number of aryl methyl sites for hydroxylation is 1. The fourth-order valence-electron chi connectivity index (χ4n) is 1.95. The highest BCUT2D eigenvalue weighted by molar-refractivity contribution is 5.51. The van der Waals surface area contributed by atoms with E-state index in [1.54, 1.807) is 20.4 Å². The third-order valence-electron chi connectivity index (χ3n) is 2.96. The summed E-state index contributed by atoms with van der Waals surface area (Å²) < 4.78 is 10.7. The molecule has 0 aliphatic heterocycles. The molecule has 1 aromatic heterocycles. The number of pyridine rings is 1. The molecule has 4 nitrogen and oxygen atoms in total. The topological polar surface area (TPSA) is 43.4 Å². The van der Waals surface area contributed by atoms with Crippen LogP contribution in [0.5, 0.6) is 11.5 Å². The molecule has 0 fully saturated rings. The van der Waals surface area contributed by atoms with Gasteiger partial charge in [0.25, 0.3) is 0 Å². The Morgan fingerprint density at radius 3 is 2.63 bits per heavy atom. The second kappa shape index (κ2) is 6.09. The average molecular weight is 258 g/mol. The molecule has 4 heteroatoms. The summed E-state index contributed by atoms with van der Waals surface area (Å²) in [5, 5.41) is 3.36.